The number of nitriles is 2. The van der Waals surface area contributed by atoms with Gasteiger partial charge in [0.15, 0.2) is 0 Å². The lowest BCUT2D eigenvalue weighted by Gasteiger charge is -2.29. The van der Waals surface area contributed by atoms with Gasteiger partial charge in [-0.3, -0.25) is 0 Å². The fraction of sp³-hybridized carbons (Fsp3) is 0.600. The third-order valence-corrected chi connectivity index (χ3v) is 6.57. The smallest absolute Gasteiger partial charge is 0.101 e. The molecule has 3 rings (SSSR count). The van der Waals surface area contributed by atoms with Crippen molar-refractivity contribution in [1.29, 1.82) is 10.5 Å². The normalized spacial score (nSPS) is 19.7. The fourth-order valence-corrected chi connectivity index (χ4v) is 5.12. The van der Waals surface area contributed by atoms with Crippen LogP contribution in [0.2, 0.25) is 10.0 Å². The van der Waals surface area contributed by atoms with Gasteiger partial charge in [-0.05, 0) is 48.6 Å². The largest absolute Gasteiger partial charge is 0.192 e. The van der Waals surface area contributed by atoms with Crippen LogP contribution in [0, 0.1) is 22.7 Å². The predicted octanol–water partition coefficient (Wildman–Crippen LogP) is 6.83. The van der Waals surface area contributed by atoms with Crippen LogP contribution in [0.5, 0.6) is 0 Å². The Morgan fingerprint density at radius 2 is 1.08 bits per heavy atom. The van der Waals surface area contributed by atoms with Gasteiger partial charge in [-0.1, -0.05) is 61.7 Å². The highest BCUT2D eigenvalue weighted by Crippen LogP contribution is 2.47. The topological polar surface area (TPSA) is 47.6 Å². The second kappa shape index (κ2) is 7.77. The first kappa shape index (κ1) is 17.6. The Hall–Kier alpha value is -1.22. The van der Waals surface area contributed by atoms with Crippen LogP contribution in [-0.4, -0.2) is 0 Å². The monoisotopic (exact) mass is 360 g/mol. The minimum Gasteiger partial charge on any atom is -0.192 e. The summed E-state index contributed by atoms with van der Waals surface area (Å²) in [5.41, 5.74) is 2.89. The molecular formula is C20H22Cl2N2. The maximum Gasteiger partial charge on any atom is 0.101 e. The lowest BCUT2D eigenvalue weighted by molar-refractivity contribution is 0.434. The van der Waals surface area contributed by atoms with Gasteiger partial charge in [-0.15, -0.1) is 0 Å². The lowest BCUT2D eigenvalue weighted by atomic mass is 9.75. The fourth-order valence-electron chi connectivity index (χ4n) is 4.53. The molecule has 2 nitrogen and oxygen atoms in total. The Kier molecular flexibility index (Phi) is 5.70. The van der Waals surface area contributed by atoms with E-state index in [4.69, 9.17) is 23.2 Å². The number of hydrogen-bond donors (Lipinski definition) is 0. The van der Waals surface area contributed by atoms with Gasteiger partial charge in [0, 0.05) is 0 Å². The Morgan fingerprint density at radius 1 is 0.625 bits per heavy atom. The van der Waals surface area contributed by atoms with Gasteiger partial charge in [0.1, 0.15) is 6.07 Å². The van der Waals surface area contributed by atoms with E-state index >= 15 is 0 Å². The molecule has 0 atom stereocenters. The van der Waals surface area contributed by atoms with Crippen LogP contribution < -0.4 is 0 Å². The standard InChI is InChI=1S/C20H22Cl2N2/c21-19-16(12-24)17(13-7-3-1-4-8-13)15(11-23)18(20(19)22)14-9-5-2-6-10-14/h13-14H,1-10H2. The van der Waals surface area contributed by atoms with Gasteiger partial charge in [0.2, 0.25) is 0 Å². The van der Waals surface area contributed by atoms with E-state index in [-0.39, 0.29) is 5.92 Å². The van der Waals surface area contributed by atoms with Crippen molar-refractivity contribution >= 4 is 23.2 Å². The summed E-state index contributed by atoms with van der Waals surface area (Å²) < 4.78 is 0. The van der Waals surface area contributed by atoms with Crippen LogP contribution in [0.25, 0.3) is 0 Å². The molecule has 0 bridgehead atoms. The summed E-state index contributed by atoms with van der Waals surface area (Å²) in [5.74, 6) is 0.564. The summed E-state index contributed by atoms with van der Waals surface area (Å²) in [7, 11) is 0. The molecule has 2 fully saturated rings. The first-order valence-corrected chi connectivity index (χ1v) is 9.79. The maximum atomic E-state index is 9.93. The van der Waals surface area contributed by atoms with E-state index in [1.807, 2.05) is 0 Å². The highest BCUT2D eigenvalue weighted by Gasteiger charge is 2.31. The molecule has 0 radical (unpaired) electrons. The van der Waals surface area contributed by atoms with E-state index in [1.54, 1.807) is 0 Å². The number of rotatable bonds is 2. The average molecular weight is 361 g/mol. The number of halogens is 2. The molecule has 2 saturated carbocycles. The molecule has 1 aromatic rings. The SMILES string of the molecule is N#Cc1c(Cl)c(Cl)c(C2CCCCC2)c(C#N)c1C1CCCCC1. The molecule has 0 N–H and O–H groups in total. The number of hydrogen-bond acceptors (Lipinski definition) is 2. The van der Waals surface area contributed by atoms with Crippen LogP contribution in [0.15, 0.2) is 0 Å². The molecule has 4 heteroatoms. The summed E-state index contributed by atoms with van der Waals surface area (Å²) in [6.45, 7) is 0. The molecule has 0 aromatic heterocycles. The van der Waals surface area contributed by atoms with Crippen molar-refractivity contribution in [3.63, 3.8) is 0 Å². The molecule has 0 amide bonds. The van der Waals surface area contributed by atoms with Crippen molar-refractivity contribution in [2.24, 2.45) is 0 Å². The van der Waals surface area contributed by atoms with Crippen LogP contribution >= 0.6 is 23.2 Å². The van der Waals surface area contributed by atoms with Crippen LogP contribution in [-0.2, 0) is 0 Å². The van der Waals surface area contributed by atoms with Crippen molar-refractivity contribution in [3.8, 4) is 12.1 Å². The Labute approximate surface area is 154 Å². The summed E-state index contributed by atoms with van der Waals surface area (Å²) in [4.78, 5) is 0. The third kappa shape index (κ3) is 3.15. The predicted molar refractivity (Wildman–Crippen MR) is 97.5 cm³/mol. The van der Waals surface area contributed by atoms with Gasteiger partial charge >= 0.3 is 0 Å². The molecular weight excluding hydrogens is 339 g/mol. The Bertz CT molecular complexity index is 700. The van der Waals surface area contributed by atoms with E-state index < -0.39 is 0 Å². The van der Waals surface area contributed by atoms with E-state index in [2.05, 4.69) is 12.1 Å². The van der Waals surface area contributed by atoms with E-state index in [9.17, 15) is 10.5 Å². The Morgan fingerprint density at radius 3 is 1.54 bits per heavy atom. The summed E-state index contributed by atoms with van der Waals surface area (Å²) in [6.07, 6.45) is 11.3. The second-order valence-electron chi connectivity index (χ2n) is 7.10. The minimum atomic E-state index is 0.264. The van der Waals surface area contributed by atoms with E-state index in [0.29, 0.717) is 27.1 Å². The zero-order valence-corrected chi connectivity index (χ0v) is 15.4. The zero-order valence-electron chi connectivity index (χ0n) is 13.9. The summed E-state index contributed by atoms with van der Waals surface area (Å²) in [6, 6.07) is 4.65. The average Bonchev–Trinajstić information content (AvgIpc) is 2.64. The highest BCUT2D eigenvalue weighted by molar-refractivity contribution is 6.43. The summed E-state index contributed by atoms with van der Waals surface area (Å²) >= 11 is 13.1. The highest BCUT2D eigenvalue weighted by atomic mass is 35.5. The van der Waals surface area contributed by atoms with Gasteiger partial charge in [-0.2, -0.15) is 10.5 Å². The quantitative estimate of drug-likeness (QED) is 0.579. The molecule has 2 aliphatic carbocycles. The van der Waals surface area contributed by atoms with Crippen molar-refractivity contribution in [1.82, 2.24) is 0 Å². The molecule has 1 aromatic carbocycles. The van der Waals surface area contributed by atoms with Gasteiger partial charge in [-0.25, -0.2) is 0 Å². The van der Waals surface area contributed by atoms with Crippen LogP contribution in [0.4, 0.5) is 0 Å². The molecule has 0 unspecified atom stereocenters. The van der Waals surface area contributed by atoms with Crippen molar-refractivity contribution in [2.75, 3.05) is 0 Å². The van der Waals surface area contributed by atoms with Crippen LogP contribution in [0.1, 0.15) is 98.3 Å². The first-order valence-electron chi connectivity index (χ1n) is 9.04. The maximum absolute atomic E-state index is 9.93. The van der Waals surface area contributed by atoms with Crippen molar-refractivity contribution < 1.29 is 0 Å². The summed E-state index contributed by atoms with van der Waals surface area (Å²) in [5, 5.41) is 20.4. The molecule has 126 valence electrons. The molecule has 24 heavy (non-hydrogen) atoms. The molecule has 0 saturated heterocycles. The van der Waals surface area contributed by atoms with Crippen molar-refractivity contribution in [3.05, 3.63) is 32.3 Å². The van der Waals surface area contributed by atoms with Crippen LogP contribution in [0.3, 0.4) is 0 Å². The first-order chi connectivity index (χ1) is 11.7. The van der Waals surface area contributed by atoms with Gasteiger partial charge in [0.05, 0.1) is 27.2 Å². The Balaban J connectivity index is 2.20. The van der Waals surface area contributed by atoms with E-state index in [0.717, 1.165) is 49.7 Å². The molecule has 2 aliphatic rings. The van der Waals surface area contributed by atoms with Gasteiger partial charge in [0.25, 0.3) is 0 Å². The van der Waals surface area contributed by atoms with E-state index in [1.165, 1.54) is 25.7 Å². The minimum absolute atomic E-state index is 0.264. The second-order valence-corrected chi connectivity index (χ2v) is 7.85. The number of nitrogens with zero attached hydrogens (tertiary/aromatic N) is 2. The molecule has 0 heterocycles. The lowest BCUT2D eigenvalue weighted by Crippen LogP contribution is -2.14. The number of benzene rings is 1. The van der Waals surface area contributed by atoms with Gasteiger partial charge < -0.3 is 0 Å². The zero-order chi connectivity index (χ0) is 17.1. The van der Waals surface area contributed by atoms with Crippen molar-refractivity contribution in [2.45, 2.75) is 76.0 Å². The third-order valence-electron chi connectivity index (χ3n) is 5.71. The molecule has 0 aliphatic heterocycles. The molecule has 0 spiro atoms.